The fraction of sp³-hybridized carbons (Fsp3) is 0.214. The monoisotopic (exact) mass is 348 g/mol. The summed E-state index contributed by atoms with van der Waals surface area (Å²) >= 11 is 0. The van der Waals surface area contributed by atoms with Crippen LogP contribution in [0.3, 0.4) is 0 Å². The van der Waals surface area contributed by atoms with Crippen molar-refractivity contribution in [2.24, 2.45) is 7.05 Å². The van der Waals surface area contributed by atoms with Crippen molar-refractivity contribution < 1.29 is 13.0 Å². The normalized spacial score (nSPS) is 11.6. The van der Waals surface area contributed by atoms with Gasteiger partial charge in [-0.25, -0.2) is 9.97 Å². The van der Waals surface area contributed by atoms with Crippen LogP contribution in [0.1, 0.15) is 11.4 Å². The first-order valence-electron chi connectivity index (χ1n) is 7.06. The van der Waals surface area contributed by atoms with Gasteiger partial charge in [-0.2, -0.15) is 13.5 Å². The predicted octanol–water partition coefficient (Wildman–Crippen LogP) is 1.50. The summed E-state index contributed by atoms with van der Waals surface area (Å²) in [6.07, 6.45) is 1.70. The lowest BCUT2D eigenvalue weighted by Gasteiger charge is -2.09. The molecule has 0 atom stereocenters. The third-order valence-corrected chi connectivity index (χ3v) is 3.86. The van der Waals surface area contributed by atoms with Crippen LogP contribution in [0.5, 0.6) is 0 Å². The van der Waals surface area contributed by atoms with Crippen molar-refractivity contribution in [2.45, 2.75) is 13.5 Å². The summed E-state index contributed by atoms with van der Waals surface area (Å²) in [6, 6.07) is 6.62. The van der Waals surface area contributed by atoms with E-state index in [0.29, 0.717) is 18.2 Å². The molecule has 126 valence electrons. The van der Waals surface area contributed by atoms with Gasteiger partial charge in [0.2, 0.25) is 0 Å². The molecule has 0 fully saturated rings. The molecule has 10 heteroatoms. The van der Waals surface area contributed by atoms with Crippen molar-refractivity contribution in [3.05, 3.63) is 41.9 Å². The van der Waals surface area contributed by atoms with E-state index in [2.05, 4.69) is 20.4 Å². The van der Waals surface area contributed by atoms with Crippen LogP contribution in [0, 0.1) is 6.92 Å². The molecule has 24 heavy (non-hydrogen) atoms. The van der Waals surface area contributed by atoms with E-state index in [0.717, 1.165) is 16.6 Å². The standard InChI is InChI=1S/C14H16N6O3S/c1-9-17-13(12-8-16-20(2)14(12)18-9)15-7-10-3-5-11(6-4-10)19-24(21,22)23/h3-6,8,19H,7H2,1-2H3,(H,15,17,18)(H,21,22,23). The fourth-order valence-corrected chi connectivity index (χ4v) is 2.73. The van der Waals surface area contributed by atoms with Gasteiger partial charge >= 0.3 is 10.3 Å². The first-order valence-corrected chi connectivity index (χ1v) is 8.50. The molecule has 2 heterocycles. The van der Waals surface area contributed by atoms with Crippen LogP contribution < -0.4 is 10.0 Å². The van der Waals surface area contributed by atoms with Crippen LogP contribution in [0.2, 0.25) is 0 Å². The minimum Gasteiger partial charge on any atom is -0.365 e. The Kier molecular flexibility index (Phi) is 4.08. The van der Waals surface area contributed by atoms with Gasteiger partial charge < -0.3 is 5.32 Å². The number of aromatic nitrogens is 4. The number of fused-ring (bicyclic) bond motifs is 1. The highest BCUT2D eigenvalue weighted by Crippen LogP contribution is 2.20. The lowest BCUT2D eigenvalue weighted by atomic mass is 10.2. The maximum Gasteiger partial charge on any atom is 0.357 e. The second-order valence-electron chi connectivity index (χ2n) is 5.25. The molecule has 0 saturated heterocycles. The Morgan fingerprint density at radius 2 is 1.92 bits per heavy atom. The van der Waals surface area contributed by atoms with Crippen molar-refractivity contribution in [3.63, 3.8) is 0 Å². The summed E-state index contributed by atoms with van der Waals surface area (Å²) in [4.78, 5) is 8.75. The number of nitrogens with zero attached hydrogens (tertiary/aromatic N) is 4. The van der Waals surface area contributed by atoms with Crippen LogP contribution in [0.15, 0.2) is 30.5 Å². The Labute approximate surface area is 138 Å². The number of hydrogen-bond donors (Lipinski definition) is 3. The first kappa shape index (κ1) is 16.1. The summed E-state index contributed by atoms with van der Waals surface area (Å²) in [6.45, 7) is 2.31. The van der Waals surface area contributed by atoms with E-state index in [1.807, 2.05) is 18.7 Å². The van der Waals surface area contributed by atoms with E-state index in [1.165, 1.54) is 0 Å². The smallest absolute Gasteiger partial charge is 0.357 e. The number of anilines is 2. The van der Waals surface area contributed by atoms with Gasteiger partial charge in [-0.15, -0.1) is 0 Å². The van der Waals surface area contributed by atoms with Crippen molar-refractivity contribution >= 4 is 32.8 Å². The van der Waals surface area contributed by atoms with Gasteiger partial charge in [0.05, 0.1) is 17.3 Å². The quantitative estimate of drug-likeness (QED) is 0.597. The van der Waals surface area contributed by atoms with Gasteiger partial charge in [-0.3, -0.25) is 14.0 Å². The van der Waals surface area contributed by atoms with E-state index in [1.54, 1.807) is 35.1 Å². The van der Waals surface area contributed by atoms with E-state index >= 15 is 0 Å². The summed E-state index contributed by atoms with van der Waals surface area (Å²) in [5, 5.41) is 8.24. The Hall–Kier alpha value is -2.72. The molecule has 0 aliphatic rings. The van der Waals surface area contributed by atoms with E-state index in [4.69, 9.17) is 4.55 Å². The zero-order valence-electron chi connectivity index (χ0n) is 13.1. The molecule has 0 unspecified atom stereocenters. The van der Waals surface area contributed by atoms with E-state index in [9.17, 15) is 8.42 Å². The summed E-state index contributed by atoms with van der Waals surface area (Å²) in [7, 11) is -2.44. The third-order valence-electron chi connectivity index (χ3n) is 3.36. The van der Waals surface area contributed by atoms with Crippen LogP contribution in [-0.4, -0.2) is 32.7 Å². The first-order chi connectivity index (χ1) is 11.3. The van der Waals surface area contributed by atoms with E-state index in [-0.39, 0.29) is 5.69 Å². The van der Waals surface area contributed by atoms with Crippen LogP contribution in [0.25, 0.3) is 11.0 Å². The summed E-state index contributed by atoms with van der Waals surface area (Å²) < 4.78 is 34.0. The molecule has 0 aliphatic carbocycles. The maximum absolute atomic E-state index is 10.8. The highest BCUT2D eigenvalue weighted by molar-refractivity contribution is 7.87. The predicted molar refractivity (Wildman–Crippen MR) is 90.0 cm³/mol. The second kappa shape index (κ2) is 6.06. The average Bonchev–Trinajstić information content (AvgIpc) is 2.86. The lowest BCUT2D eigenvalue weighted by Crippen LogP contribution is -2.10. The third kappa shape index (κ3) is 3.60. The number of aryl methyl sites for hydroxylation is 2. The zero-order chi connectivity index (χ0) is 17.3. The topological polar surface area (TPSA) is 122 Å². The van der Waals surface area contributed by atoms with E-state index < -0.39 is 10.3 Å². The molecule has 2 aromatic heterocycles. The Bertz CT molecular complexity index is 982. The van der Waals surface area contributed by atoms with Gasteiger partial charge in [0.15, 0.2) is 5.65 Å². The number of nitrogens with one attached hydrogen (secondary N) is 2. The fourth-order valence-electron chi connectivity index (χ4n) is 2.29. The molecule has 0 amide bonds. The van der Waals surface area contributed by atoms with Crippen LogP contribution in [0.4, 0.5) is 11.5 Å². The SMILES string of the molecule is Cc1nc(NCc2ccc(NS(=O)(=O)O)cc2)c2cnn(C)c2n1. The molecule has 0 bridgehead atoms. The molecule has 3 rings (SSSR count). The Balaban J connectivity index is 1.76. The van der Waals surface area contributed by atoms with Gasteiger partial charge in [0.1, 0.15) is 11.6 Å². The number of rotatable bonds is 5. The number of benzene rings is 1. The molecule has 0 radical (unpaired) electrons. The molecule has 3 N–H and O–H groups in total. The van der Waals surface area contributed by atoms with Crippen molar-refractivity contribution in [1.29, 1.82) is 0 Å². The van der Waals surface area contributed by atoms with Gasteiger partial charge in [0, 0.05) is 13.6 Å². The minimum atomic E-state index is -4.26. The largest absolute Gasteiger partial charge is 0.365 e. The average molecular weight is 348 g/mol. The second-order valence-corrected chi connectivity index (χ2v) is 6.41. The van der Waals surface area contributed by atoms with Crippen LogP contribution in [-0.2, 0) is 23.9 Å². The maximum atomic E-state index is 10.8. The molecule has 3 aromatic rings. The molecular formula is C14H16N6O3S. The number of hydrogen-bond acceptors (Lipinski definition) is 6. The molecule has 0 saturated carbocycles. The molecule has 0 spiro atoms. The van der Waals surface area contributed by atoms with Gasteiger partial charge in [-0.1, -0.05) is 12.1 Å². The molecule has 0 aliphatic heterocycles. The van der Waals surface area contributed by atoms with Gasteiger partial charge in [-0.05, 0) is 24.6 Å². The summed E-state index contributed by atoms with van der Waals surface area (Å²) in [5.41, 5.74) is 1.95. The molecular weight excluding hydrogens is 332 g/mol. The van der Waals surface area contributed by atoms with Crippen LogP contribution >= 0.6 is 0 Å². The lowest BCUT2D eigenvalue weighted by molar-refractivity contribution is 0.489. The van der Waals surface area contributed by atoms with Crippen molar-refractivity contribution in [3.8, 4) is 0 Å². The highest BCUT2D eigenvalue weighted by atomic mass is 32.2. The van der Waals surface area contributed by atoms with Crippen molar-refractivity contribution in [2.75, 3.05) is 10.0 Å². The molecule has 1 aromatic carbocycles. The molecule has 9 nitrogen and oxygen atoms in total. The summed E-state index contributed by atoms with van der Waals surface area (Å²) in [5.74, 6) is 1.33. The Morgan fingerprint density at radius 3 is 2.58 bits per heavy atom. The van der Waals surface area contributed by atoms with Gasteiger partial charge in [0.25, 0.3) is 0 Å². The Morgan fingerprint density at radius 1 is 1.21 bits per heavy atom. The van der Waals surface area contributed by atoms with Crippen molar-refractivity contribution in [1.82, 2.24) is 19.7 Å². The highest BCUT2D eigenvalue weighted by Gasteiger charge is 2.09. The zero-order valence-corrected chi connectivity index (χ0v) is 13.9. The minimum absolute atomic E-state index is 0.286.